The van der Waals surface area contributed by atoms with Gasteiger partial charge in [0, 0.05) is 30.0 Å². The van der Waals surface area contributed by atoms with Crippen LogP contribution in [0.2, 0.25) is 10.0 Å². The molecule has 0 fully saturated rings. The third-order valence-electron chi connectivity index (χ3n) is 4.02. The molecule has 0 saturated carbocycles. The largest absolute Gasteiger partial charge is 0.462 e. The molecule has 1 N–H and O–H groups in total. The molecule has 0 atom stereocenters. The molecular weight excluding hydrogens is 511 g/mol. The molecular formula is C22H21Cl3N2O5S. The van der Waals surface area contributed by atoms with Crippen molar-refractivity contribution in [3.05, 3.63) is 75.0 Å². The molecule has 0 heterocycles. The Morgan fingerprint density at radius 3 is 2.55 bits per heavy atom. The SMILES string of the molecule is C=C(C=C(Cl)C=NC)Oc1ccc(NS(=O)(=O)c2cc(C)c(Cl)cc2Cl)cc1C(=O)OCC. The summed E-state index contributed by atoms with van der Waals surface area (Å²) >= 11 is 18.1. The van der Waals surface area contributed by atoms with Gasteiger partial charge in [-0.3, -0.25) is 9.71 Å². The summed E-state index contributed by atoms with van der Waals surface area (Å²) in [5.41, 5.74) is 0.604. The van der Waals surface area contributed by atoms with E-state index in [1.165, 1.54) is 42.6 Å². The fourth-order valence-corrected chi connectivity index (χ4v) is 4.68. The number of esters is 1. The van der Waals surface area contributed by atoms with Crippen LogP contribution in [0.15, 0.2) is 63.7 Å². The van der Waals surface area contributed by atoms with Crippen molar-refractivity contribution in [3.63, 3.8) is 0 Å². The number of anilines is 1. The fraction of sp³-hybridized carbons (Fsp3) is 0.182. The fourth-order valence-electron chi connectivity index (χ4n) is 2.58. The number of allylic oxidation sites excluding steroid dienone is 2. The molecule has 2 aromatic carbocycles. The minimum absolute atomic E-state index is 0.0229. The predicted octanol–water partition coefficient (Wildman–Crippen LogP) is 6.00. The highest BCUT2D eigenvalue weighted by Gasteiger charge is 2.22. The van der Waals surface area contributed by atoms with Gasteiger partial charge in [0.25, 0.3) is 10.0 Å². The molecule has 2 aromatic rings. The Morgan fingerprint density at radius 2 is 1.91 bits per heavy atom. The maximum Gasteiger partial charge on any atom is 0.342 e. The first-order valence-corrected chi connectivity index (χ1v) is 12.1. The van der Waals surface area contributed by atoms with Crippen LogP contribution in [0.1, 0.15) is 22.8 Å². The summed E-state index contributed by atoms with van der Waals surface area (Å²) in [5, 5.41) is 0.559. The van der Waals surface area contributed by atoms with E-state index in [2.05, 4.69) is 16.3 Å². The number of nitrogens with one attached hydrogen (secondary N) is 1. The smallest absolute Gasteiger partial charge is 0.342 e. The molecule has 0 unspecified atom stereocenters. The number of nitrogens with zero attached hydrogens (tertiary/aromatic N) is 1. The summed E-state index contributed by atoms with van der Waals surface area (Å²) in [6.07, 6.45) is 2.80. The quantitative estimate of drug-likeness (QED) is 0.185. The van der Waals surface area contributed by atoms with Crippen molar-refractivity contribution < 1.29 is 22.7 Å². The Labute approximate surface area is 207 Å². The van der Waals surface area contributed by atoms with Crippen molar-refractivity contribution in [1.82, 2.24) is 0 Å². The Hall–Kier alpha value is -2.52. The van der Waals surface area contributed by atoms with Crippen molar-refractivity contribution in [1.29, 1.82) is 0 Å². The van der Waals surface area contributed by atoms with E-state index in [0.29, 0.717) is 10.6 Å². The Bertz CT molecular complexity index is 1240. The van der Waals surface area contributed by atoms with Crippen LogP contribution in [0, 0.1) is 6.92 Å². The summed E-state index contributed by atoms with van der Waals surface area (Å²) in [4.78, 5) is 16.1. The van der Waals surface area contributed by atoms with E-state index in [0.717, 1.165) is 0 Å². The summed E-state index contributed by atoms with van der Waals surface area (Å²) in [5.74, 6) is -0.495. The zero-order valence-corrected chi connectivity index (χ0v) is 21.1. The molecule has 0 aliphatic carbocycles. The molecule has 0 aliphatic heterocycles. The van der Waals surface area contributed by atoms with Crippen LogP contribution < -0.4 is 9.46 Å². The summed E-state index contributed by atoms with van der Waals surface area (Å²) < 4.78 is 38.9. The second-order valence-corrected chi connectivity index (χ2v) is 9.46. The lowest BCUT2D eigenvalue weighted by Gasteiger charge is -2.15. The van der Waals surface area contributed by atoms with Gasteiger partial charge in [-0.2, -0.15) is 0 Å². The maximum atomic E-state index is 12.9. The number of aryl methyl sites for hydroxylation is 1. The van der Waals surface area contributed by atoms with Gasteiger partial charge in [0.15, 0.2) is 0 Å². The molecule has 2 rings (SSSR count). The number of carbonyl (C=O) groups is 1. The van der Waals surface area contributed by atoms with E-state index in [9.17, 15) is 13.2 Å². The molecule has 33 heavy (non-hydrogen) atoms. The van der Waals surface area contributed by atoms with Crippen molar-refractivity contribution in [2.24, 2.45) is 4.99 Å². The molecule has 0 aromatic heterocycles. The second kappa shape index (κ2) is 11.6. The zero-order chi connectivity index (χ0) is 24.8. The van der Waals surface area contributed by atoms with E-state index >= 15 is 0 Å². The van der Waals surface area contributed by atoms with Gasteiger partial charge in [-0.25, -0.2) is 13.2 Å². The van der Waals surface area contributed by atoms with E-state index in [-0.39, 0.29) is 44.3 Å². The molecule has 11 heteroatoms. The molecule has 0 spiro atoms. The maximum absolute atomic E-state index is 12.9. The summed E-state index contributed by atoms with van der Waals surface area (Å²) in [6.45, 7) is 7.13. The van der Waals surface area contributed by atoms with Crippen molar-refractivity contribution in [2.45, 2.75) is 18.7 Å². The number of hydrogen-bond acceptors (Lipinski definition) is 6. The highest BCUT2D eigenvalue weighted by molar-refractivity contribution is 7.92. The third-order valence-corrected chi connectivity index (χ3v) is 6.48. The highest BCUT2D eigenvalue weighted by Crippen LogP contribution is 2.31. The highest BCUT2D eigenvalue weighted by atomic mass is 35.5. The number of aliphatic imine (C=N–C) groups is 1. The van der Waals surface area contributed by atoms with Gasteiger partial charge in [0.05, 0.1) is 16.7 Å². The van der Waals surface area contributed by atoms with Crippen LogP contribution in [0.25, 0.3) is 0 Å². The van der Waals surface area contributed by atoms with Gasteiger partial charge < -0.3 is 9.47 Å². The molecule has 0 aliphatic rings. The van der Waals surface area contributed by atoms with Crippen molar-refractivity contribution in [2.75, 3.05) is 18.4 Å². The van der Waals surface area contributed by atoms with E-state index < -0.39 is 16.0 Å². The topological polar surface area (TPSA) is 94.1 Å². The monoisotopic (exact) mass is 530 g/mol. The number of halogens is 3. The van der Waals surface area contributed by atoms with Gasteiger partial charge in [-0.15, -0.1) is 0 Å². The summed E-state index contributed by atoms with van der Waals surface area (Å²) in [6, 6.07) is 6.81. The van der Waals surface area contributed by atoms with Gasteiger partial charge in [-0.1, -0.05) is 41.4 Å². The van der Waals surface area contributed by atoms with Crippen LogP contribution >= 0.6 is 34.8 Å². The second-order valence-electron chi connectivity index (χ2n) is 6.55. The van der Waals surface area contributed by atoms with Gasteiger partial charge in [-0.05, 0) is 49.7 Å². The minimum atomic E-state index is -4.09. The average molecular weight is 532 g/mol. The van der Waals surface area contributed by atoms with Crippen LogP contribution in [-0.4, -0.2) is 34.3 Å². The van der Waals surface area contributed by atoms with Crippen LogP contribution in [0.5, 0.6) is 5.75 Å². The first kappa shape index (κ1) is 26.7. The van der Waals surface area contributed by atoms with Crippen LogP contribution in [-0.2, 0) is 14.8 Å². The number of sulfonamides is 1. The first-order chi connectivity index (χ1) is 15.5. The zero-order valence-electron chi connectivity index (χ0n) is 18.0. The molecule has 7 nitrogen and oxygen atoms in total. The lowest BCUT2D eigenvalue weighted by atomic mass is 10.2. The van der Waals surface area contributed by atoms with Gasteiger partial charge >= 0.3 is 5.97 Å². The third kappa shape index (κ3) is 7.23. The predicted molar refractivity (Wildman–Crippen MR) is 133 cm³/mol. The van der Waals surface area contributed by atoms with Gasteiger partial charge in [0.2, 0.25) is 0 Å². The number of ether oxygens (including phenoxy) is 2. The van der Waals surface area contributed by atoms with Crippen LogP contribution in [0.4, 0.5) is 5.69 Å². The Balaban J connectivity index is 2.43. The normalized spacial score (nSPS) is 12.0. The molecule has 0 radical (unpaired) electrons. The van der Waals surface area contributed by atoms with E-state index in [4.69, 9.17) is 44.3 Å². The Morgan fingerprint density at radius 1 is 1.21 bits per heavy atom. The van der Waals surface area contributed by atoms with E-state index in [1.807, 2.05) is 0 Å². The van der Waals surface area contributed by atoms with Crippen molar-refractivity contribution in [3.8, 4) is 5.75 Å². The first-order valence-electron chi connectivity index (χ1n) is 9.44. The summed E-state index contributed by atoms with van der Waals surface area (Å²) in [7, 11) is -2.54. The molecule has 0 amide bonds. The standard InChI is InChI=1S/C22H21Cl3N2O5S/c1-5-31-22(28)17-10-16(6-7-20(17)32-14(3)9-15(23)12-26-4)27-33(29,30)21-8-13(2)18(24)11-19(21)25/h6-12,27H,3,5H2,1-2,4H3. The average Bonchev–Trinajstić information content (AvgIpc) is 2.71. The Kier molecular flexibility index (Phi) is 9.36. The lowest BCUT2D eigenvalue weighted by molar-refractivity contribution is 0.0523. The molecule has 0 saturated heterocycles. The van der Waals surface area contributed by atoms with E-state index in [1.54, 1.807) is 20.9 Å². The number of hydrogen-bond donors (Lipinski definition) is 1. The van der Waals surface area contributed by atoms with Crippen molar-refractivity contribution >= 4 is 62.7 Å². The number of rotatable bonds is 9. The number of benzene rings is 2. The van der Waals surface area contributed by atoms with Gasteiger partial charge in [0.1, 0.15) is 22.0 Å². The molecule has 176 valence electrons. The number of carbonyl (C=O) groups excluding carboxylic acids is 1. The molecule has 0 bridgehead atoms. The minimum Gasteiger partial charge on any atom is -0.462 e. The van der Waals surface area contributed by atoms with Crippen LogP contribution in [0.3, 0.4) is 0 Å². The lowest BCUT2D eigenvalue weighted by Crippen LogP contribution is -2.15.